The van der Waals surface area contributed by atoms with E-state index in [0.717, 1.165) is 44.5 Å². The molecule has 40 heavy (non-hydrogen) atoms. The summed E-state index contributed by atoms with van der Waals surface area (Å²) in [5.74, 6) is 18.4. The summed E-state index contributed by atoms with van der Waals surface area (Å²) in [6, 6.07) is 30.6. The smallest absolute Gasteiger partial charge is 0.306 e. The molecule has 0 N–H and O–H groups in total. The van der Waals surface area contributed by atoms with Gasteiger partial charge in [-0.15, -0.1) is 0 Å². The SMILES string of the molecule is O=C1CCC(=O)OCc2ccc(cc2)C#Cc2ccccc2C#Cc2ccccc2C#Cc2ccc(cc2)CO1. The van der Waals surface area contributed by atoms with E-state index in [0.29, 0.717) is 0 Å². The first kappa shape index (κ1) is 26.1. The van der Waals surface area contributed by atoms with Crippen molar-refractivity contribution < 1.29 is 19.1 Å². The van der Waals surface area contributed by atoms with Crippen molar-refractivity contribution in [3.63, 3.8) is 0 Å². The Kier molecular flexibility index (Phi) is 8.38. The highest BCUT2D eigenvalue weighted by atomic mass is 16.5. The molecule has 4 aromatic rings. The van der Waals surface area contributed by atoms with Crippen LogP contribution in [0.2, 0.25) is 0 Å². The molecule has 4 heterocycles. The summed E-state index contributed by atoms with van der Waals surface area (Å²) in [7, 11) is 0. The van der Waals surface area contributed by atoms with Gasteiger partial charge in [0.1, 0.15) is 13.2 Å². The largest absolute Gasteiger partial charge is 0.461 e. The molecule has 4 heteroatoms. The Bertz CT molecular complexity index is 1600. The van der Waals surface area contributed by atoms with Crippen LogP contribution < -0.4 is 0 Å². The summed E-state index contributed by atoms with van der Waals surface area (Å²) in [4.78, 5) is 24.2. The van der Waals surface area contributed by atoms with Crippen molar-refractivity contribution in [2.45, 2.75) is 26.1 Å². The first-order valence-electron chi connectivity index (χ1n) is 12.9. The Morgan fingerprint density at radius 3 is 1.10 bits per heavy atom. The molecule has 4 bridgehead atoms. The highest BCUT2D eigenvalue weighted by Gasteiger charge is 2.10. The van der Waals surface area contributed by atoms with Crippen molar-refractivity contribution in [2.24, 2.45) is 0 Å². The predicted molar refractivity (Wildman–Crippen MR) is 153 cm³/mol. The van der Waals surface area contributed by atoms with Gasteiger partial charge in [-0.2, -0.15) is 0 Å². The molecule has 4 aliphatic heterocycles. The summed E-state index contributed by atoms with van der Waals surface area (Å²) < 4.78 is 10.6. The Labute approximate surface area is 234 Å². The Balaban J connectivity index is 1.47. The van der Waals surface area contributed by atoms with Crippen molar-refractivity contribution in [1.82, 2.24) is 0 Å². The number of hydrogen-bond acceptors (Lipinski definition) is 4. The van der Waals surface area contributed by atoms with E-state index in [1.807, 2.05) is 97.1 Å². The zero-order valence-electron chi connectivity index (χ0n) is 21.7. The molecule has 0 aromatic heterocycles. The topological polar surface area (TPSA) is 52.6 Å². The molecule has 0 spiro atoms. The van der Waals surface area contributed by atoms with Gasteiger partial charge in [0.25, 0.3) is 0 Å². The average molecular weight is 521 g/mol. The van der Waals surface area contributed by atoms with E-state index in [1.54, 1.807) is 0 Å². The molecule has 0 unspecified atom stereocenters. The molecule has 0 fully saturated rings. The maximum absolute atomic E-state index is 12.1. The minimum Gasteiger partial charge on any atom is -0.461 e. The number of carbonyl (C=O) groups is 2. The normalized spacial score (nSPS) is 13.1. The van der Waals surface area contributed by atoms with Gasteiger partial charge in [-0.25, -0.2) is 0 Å². The van der Waals surface area contributed by atoms with Crippen molar-refractivity contribution in [3.05, 3.63) is 142 Å². The van der Waals surface area contributed by atoms with Crippen LogP contribution in [0.3, 0.4) is 0 Å². The molecule has 0 aliphatic carbocycles. The first-order valence-corrected chi connectivity index (χ1v) is 12.9. The van der Waals surface area contributed by atoms with Crippen molar-refractivity contribution in [1.29, 1.82) is 0 Å². The minimum atomic E-state index is -0.454. The van der Waals surface area contributed by atoms with Gasteiger partial charge in [-0.05, 0) is 59.7 Å². The van der Waals surface area contributed by atoms with Crippen LogP contribution in [0.15, 0.2) is 97.1 Å². The quantitative estimate of drug-likeness (QED) is 0.218. The van der Waals surface area contributed by atoms with Gasteiger partial charge in [0, 0.05) is 33.4 Å². The number of rotatable bonds is 0. The first-order chi connectivity index (χ1) is 19.6. The van der Waals surface area contributed by atoms with Crippen molar-refractivity contribution in [3.8, 4) is 35.5 Å². The lowest BCUT2D eigenvalue weighted by Gasteiger charge is -2.07. The van der Waals surface area contributed by atoms with E-state index in [9.17, 15) is 9.59 Å². The average Bonchev–Trinajstić information content (AvgIpc) is 3.00. The molecule has 4 aliphatic rings. The van der Waals surface area contributed by atoms with Crippen LogP contribution >= 0.6 is 0 Å². The van der Waals surface area contributed by atoms with Gasteiger partial charge >= 0.3 is 11.9 Å². The second-order valence-corrected chi connectivity index (χ2v) is 9.06. The number of benzene rings is 4. The van der Waals surface area contributed by atoms with Crippen LogP contribution in [0.1, 0.15) is 57.3 Å². The molecule has 0 saturated heterocycles. The lowest BCUT2D eigenvalue weighted by molar-refractivity contribution is -0.151. The lowest BCUT2D eigenvalue weighted by atomic mass is 10.0. The molecule has 4 nitrogen and oxygen atoms in total. The third kappa shape index (κ3) is 7.29. The molecule has 0 saturated carbocycles. The Morgan fingerprint density at radius 2 is 0.750 bits per heavy atom. The third-order valence-corrected chi connectivity index (χ3v) is 6.11. The molecule has 8 rings (SSSR count). The third-order valence-electron chi connectivity index (χ3n) is 6.11. The number of ether oxygens (including phenoxy) is 2. The summed E-state index contributed by atoms with van der Waals surface area (Å²) in [6.07, 6.45) is -0.0820. The van der Waals surface area contributed by atoms with Crippen molar-refractivity contribution in [2.75, 3.05) is 0 Å². The fraction of sp³-hybridized carbons (Fsp3) is 0.111. The number of carbonyl (C=O) groups excluding carboxylic acids is 2. The molecular weight excluding hydrogens is 496 g/mol. The molecule has 4 aromatic carbocycles. The second-order valence-electron chi connectivity index (χ2n) is 9.06. The van der Waals surface area contributed by atoms with Crippen molar-refractivity contribution >= 4 is 11.9 Å². The Morgan fingerprint density at radius 1 is 0.425 bits per heavy atom. The zero-order chi connectivity index (χ0) is 27.6. The minimum absolute atomic E-state index is 0.0410. The predicted octanol–water partition coefficient (Wildman–Crippen LogP) is 5.77. The maximum atomic E-state index is 12.1. The van der Waals surface area contributed by atoms with Crippen LogP contribution in [0.5, 0.6) is 0 Å². The molecule has 0 atom stereocenters. The van der Waals surface area contributed by atoms with Crippen LogP contribution in [0, 0.1) is 35.5 Å². The van der Waals surface area contributed by atoms with Crippen LogP contribution in [0.25, 0.3) is 0 Å². The van der Waals surface area contributed by atoms with Crippen LogP contribution in [-0.2, 0) is 32.3 Å². The monoisotopic (exact) mass is 520 g/mol. The fourth-order valence-electron chi connectivity index (χ4n) is 3.86. The van der Waals surface area contributed by atoms with E-state index >= 15 is 0 Å². The maximum Gasteiger partial charge on any atom is 0.306 e. The zero-order valence-corrected chi connectivity index (χ0v) is 21.7. The highest BCUT2D eigenvalue weighted by Crippen LogP contribution is 2.12. The van der Waals surface area contributed by atoms with Gasteiger partial charge in [0.05, 0.1) is 12.8 Å². The summed E-state index contributed by atoms with van der Waals surface area (Å²) in [5, 5.41) is 0. The van der Waals surface area contributed by atoms with Gasteiger partial charge < -0.3 is 9.47 Å². The molecule has 192 valence electrons. The van der Waals surface area contributed by atoms with Gasteiger partial charge in [0.15, 0.2) is 0 Å². The summed E-state index contributed by atoms with van der Waals surface area (Å²) in [6.45, 7) is 0.244. The summed E-state index contributed by atoms with van der Waals surface area (Å²) in [5.41, 5.74) is 6.65. The van der Waals surface area contributed by atoms with E-state index in [2.05, 4.69) is 35.5 Å². The van der Waals surface area contributed by atoms with Gasteiger partial charge in [0.2, 0.25) is 0 Å². The lowest BCUT2D eigenvalue weighted by Crippen LogP contribution is -2.10. The van der Waals surface area contributed by atoms with E-state index in [1.165, 1.54) is 0 Å². The second kappa shape index (κ2) is 12.8. The highest BCUT2D eigenvalue weighted by molar-refractivity contribution is 5.77. The van der Waals surface area contributed by atoms with Crippen LogP contribution in [-0.4, -0.2) is 11.9 Å². The standard InChI is InChI=1S/C36H24O4/c37-35-23-24-36(38)40-26-30-15-11-28(12-16-30)18-20-32-6-2-4-8-34(32)22-21-33-7-3-1-5-31(33)19-17-27-9-13-29(14-10-27)25-39-35/h1-16H,23-26H2. The number of hydrogen-bond donors (Lipinski definition) is 0. The van der Waals surface area contributed by atoms with E-state index < -0.39 is 11.9 Å². The molecule has 0 amide bonds. The Hall–Kier alpha value is -5.50. The van der Waals surface area contributed by atoms with Crippen LogP contribution in [0.4, 0.5) is 0 Å². The summed E-state index contributed by atoms with van der Waals surface area (Å²) >= 11 is 0. The fourth-order valence-corrected chi connectivity index (χ4v) is 3.86. The number of esters is 2. The van der Waals surface area contributed by atoms with Gasteiger partial charge in [-0.3, -0.25) is 9.59 Å². The van der Waals surface area contributed by atoms with E-state index in [4.69, 9.17) is 9.47 Å². The molecular formula is C36H24O4. The van der Waals surface area contributed by atoms with Gasteiger partial charge in [-0.1, -0.05) is 84.1 Å². The van der Waals surface area contributed by atoms with E-state index in [-0.39, 0.29) is 26.1 Å². The molecule has 0 radical (unpaired) electrons.